The number of aromatic amines is 1. The van der Waals surface area contributed by atoms with Crippen molar-refractivity contribution in [2.75, 3.05) is 0 Å². The van der Waals surface area contributed by atoms with E-state index in [4.69, 9.17) is 0 Å². The summed E-state index contributed by atoms with van der Waals surface area (Å²) < 4.78 is 2.93. The van der Waals surface area contributed by atoms with Crippen LogP contribution in [0.15, 0.2) is 64.7 Å². The van der Waals surface area contributed by atoms with Crippen molar-refractivity contribution in [3.05, 3.63) is 87.2 Å². The van der Waals surface area contributed by atoms with E-state index in [1.807, 2.05) is 19.1 Å². The van der Waals surface area contributed by atoms with Gasteiger partial charge in [0.1, 0.15) is 5.82 Å². The Balaban J connectivity index is 1.67. The smallest absolute Gasteiger partial charge is 0.267 e. The second kappa shape index (κ2) is 7.03. The SMILES string of the molecule is CCc1nc(-n2ccc3nc4ccn(Cc5cccnc5)c(=O)c4cc3c2=O)n[nH]1. The quantitative estimate of drug-likeness (QED) is 0.462. The zero-order chi connectivity index (χ0) is 20.7. The molecule has 0 saturated carbocycles. The maximum Gasteiger partial charge on any atom is 0.267 e. The van der Waals surface area contributed by atoms with Crippen LogP contribution in [0.5, 0.6) is 0 Å². The molecule has 0 aromatic carbocycles. The molecule has 0 spiro atoms. The number of fused-ring (bicyclic) bond motifs is 2. The van der Waals surface area contributed by atoms with Crippen LogP contribution < -0.4 is 11.1 Å². The second-order valence-corrected chi connectivity index (χ2v) is 6.89. The third-order valence-electron chi connectivity index (χ3n) is 4.96. The van der Waals surface area contributed by atoms with Crippen LogP contribution in [0, 0.1) is 0 Å². The Morgan fingerprint density at radius 1 is 1.00 bits per heavy atom. The van der Waals surface area contributed by atoms with Gasteiger partial charge in [0.25, 0.3) is 17.1 Å². The first-order chi connectivity index (χ1) is 14.6. The lowest BCUT2D eigenvalue weighted by molar-refractivity contribution is 0.764. The standard InChI is InChI=1S/C21H17N7O2/c1-2-18-24-21(26-25-18)28-9-6-17-15(20(28)30)10-14-16(23-17)5-8-27(19(14)29)12-13-4-3-7-22-11-13/h3-11H,2,12H2,1H3,(H,24,25,26). The van der Waals surface area contributed by atoms with E-state index in [0.717, 1.165) is 5.56 Å². The molecule has 9 nitrogen and oxygen atoms in total. The lowest BCUT2D eigenvalue weighted by atomic mass is 10.2. The van der Waals surface area contributed by atoms with E-state index in [-0.39, 0.29) is 17.1 Å². The van der Waals surface area contributed by atoms with Crippen LogP contribution >= 0.6 is 0 Å². The molecule has 0 unspecified atom stereocenters. The summed E-state index contributed by atoms with van der Waals surface area (Å²) in [5.74, 6) is 0.952. The molecule has 0 aliphatic heterocycles. The first kappa shape index (κ1) is 17.9. The highest BCUT2D eigenvalue weighted by molar-refractivity contribution is 5.91. The molecular weight excluding hydrogens is 382 g/mol. The highest BCUT2D eigenvalue weighted by Crippen LogP contribution is 2.15. The van der Waals surface area contributed by atoms with Crippen LogP contribution in [0.4, 0.5) is 0 Å². The van der Waals surface area contributed by atoms with Gasteiger partial charge in [-0.15, -0.1) is 5.10 Å². The minimum atomic E-state index is -0.328. The van der Waals surface area contributed by atoms with E-state index in [1.165, 1.54) is 4.57 Å². The van der Waals surface area contributed by atoms with Gasteiger partial charge < -0.3 is 4.57 Å². The third kappa shape index (κ3) is 2.96. The van der Waals surface area contributed by atoms with Crippen molar-refractivity contribution in [3.8, 4) is 5.95 Å². The van der Waals surface area contributed by atoms with Crippen molar-refractivity contribution >= 4 is 21.8 Å². The molecule has 5 aromatic heterocycles. The number of aryl methyl sites for hydroxylation is 1. The fraction of sp³-hybridized carbons (Fsp3) is 0.143. The third-order valence-corrected chi connectivity index (χ3v) is 4.96. The number of rotatable bonds is 4. The number of hydrogen-bond acceptors (Lipinski definition) is 6. The van der Waals surface area contributed by atoms with E-state index in [1.54, 1.807) is 47.6 Å². The molecule has 30 heavy (non-hydrogen) atoms. The normalized spacial score (nSPS) is 11.4. The van der Waals surface area contributed by atoms with Crippen LogP contribution in [0.25, 0.3) is 27.8 Å². The van der Waals surface area contributed by atoms with Crippen molar-refractivity contribution in [2.45, 2.75) is 19.9 Å². The minimum Gasteiger partial charge on any atom is -0.310 e. The predicted molar refractivity (Wildman–Crippen MR) is 112 cm³/mol. The van der Waals surface area contributed by atoms with Gasteiger partial charge in [-0.05, 0) is 29.8 Å². The van der Waals surface area contributed by atoms with Crippen molar-refractivity contribution in [1.82, 2.24) is 34.3 Å². The first-order valence-electron chi connectivity index (χ1n) is 9.50. The van der Waals surface area contributed by atoms with Gasteiger partial charge in [0, 0.05) is 31.2 Å². The number of H-pyrrole nitrogens is 1. The molecule has 0 saturated heterocycles. The molecule has 0 fully saturated rings. The van der Waals surface area contributed by atoms with E-state index in [0.29, 0.717) is 40.6 Å². The predicted octanol–water partition coefficient (Wildman–Crippen LogP) is 1.82. The average molecular weight is 399 g/mol. The molecule has 1 N–H and O–H groups in total. The monoisotopic (exact) mass is 399 g/mol. The maximum absolute atomic E-state index is 13.1. The fourth-order valence-corrected chi connectivity index (χ4v) is 3.39. The Morgan fingerprint density at radius 3 is 2.53 bits per heavy atom. The highest BCUT2D eigenvalue weighted by Gasteiger charge is 2.13. The molecule has 5 aromatic rings. The maximum atomic E-state index is 13.1. The molecule has 0 radical (unpaired) electrons. The molecule has 5 heterocycles. The molecule has 0 bridgehead atoms. The summed E-state index contributed by atoms with van der Waals surface area (Å²) in [5, 5.41) is 7.62. The molecule has 0 atom stereocenters. The molecule has 5 rings (SSSR count). The van der Waals surface area contributed by atoms with Gasteiger partial charge in [0.15, 0.2) is 0 Å². The van der Waals surface area contributed by atoms with E-state index in [2.05, 4.69) is 25.1 Å². The first-order valence-corrected chi connectivity index (χ1v) is 9.50. The summed E-state index contributed by atoms with van der Waals surface area (Å²) in [6.45, 7) is 2.33. The Hall–Kier alpha value is -4.14. The van der Waals surface area contributed by atoms with Crippen LogP contribution in [0.1, 0.15) is 18.3 Å². The summed E-state index contributed by atoms with van der Waals surface area (Å²) in [6.07, 6.45) is 7.38. The number of hydrogen-bond donors (Lipinski definition) is 1. The molecule has 0 amide bonds. The molecule has 0 aliphatic carbocycles. The molecular formula is C21H17N7O2. The lowest BCUT2D eigenvalue weighted by Gasteiger charge is -2.08. The Bertz CT molecular complexity index is 1500. The van der Waals surface area contributed by atoms with Crippen molar-refractivity contribution < 1.29 is 0 Å². The van der Waals surface area contributed by atoms with E-state index >= 15 is 0 Å². The largest absolute Gasteiger partial charge is 0.310 e. The average Bonchev–Trinajstić information content (AvgIpc) is 3.25. The number of nitrogens with zero attached hydrogens (tertiary/aromatic N) is 6. The van der Waals surface area contributed by atoms with Crippen molar-refractivity contribution in [1.29, 1.82) is 0 Å². The molecule has 0 aliphatic rings. The van der Waals surface area contributed by atoms with Crippen molar-refractivity contribution in [3.63, 3.8) is 0 Å². The fourth-order valence-electron chi connectivity index (χ4n) is 3.39. The summed E-state index contributed by atoms with van der Waals surface area (Å²) >= 11 is 0. The van der Waals surface area contributed by atoms with Crippen molar-refractivity contribution in [2.24, 2.45) is 0 Å². The number of aromatic nitrogens is 7. The number of pyridine rings is 4. The van der Waals surface area contributed by atoms with Crippen LogP contribution in [-0.2, 0) is 13.0 Å². The van der Waals surface area contributed by atoms with Gasteiger partial charge in [-0.1, -0.05) is 13.0 Å². The topological polar surface area (TPSA) is 111 Å². The lowest BCUT2D eigenvalue weighted by Crippen LogP contribution is -2.22. The van der Waals surface area contributed by atoms with Gasteiger partial charge in [-0.25, -0.2) is 9.55 Å². The zero-order valence-electron chi connectivity index (χ0n) is 16.1. The Morgan fingerprint density at radius 2 is 1.80 bits per heavy atom. The van der Waals surface area contributed by atoms with Gasteiger partial charge in [-0.2, -0.15) is 4.98 Å². The Labute approximate surface area is 169 Å². The van der Waals surface area contributed by atoms with Crippen LogP contribution in [-0.4, -0.2) is 34.3 Å². The Kier molecular flexibility index (Phi) is 4.20. The molecule has 148 valence electrons. The summed E-state index contributed by atoms with van der Waals surface area (Å²) in [7, 11) is 0. The van der Waals surface area contributed by atoms with Gasteiger partial charge >= 0.3 is 0 Å². The van der Waals surface area contributed by atoms with E-state index < -0.39 is 0 Å². The van der Waals surface area contributed by atoms with Gasteiger partial charge in [0.05, 0.1) is 28.4 Å². The minimum absolute atomic E-state index is 0.216. The second-order valence-electron chi connectivity index (χ2n) is 6.89. The van der Waals surface area contributed by atoms with E-state index in [9.17, 15) is 9.59 Å². The van der Waals surface area contributed by atoms with Gasteiger partial charge in [-0.3, -0.25) is 19.7 Å². The zero-order valence-corrected chi connectivity index (χ0v) is 16.1. The highest BCUT2D eigenvalue weighted by atomic mass is 16.1. The summed E-state index contributed by atoms with van der Waals surface area (Å²) in [5.41, 5.74) is 1.42. The number of nitrogens with one attached hydrogen (secondary N) is 1. The van der Waals surface area contributed by atoms with Crippen LogP contribution in [0.2, 0.25) is 0 Å². The van der Waals surface area contributed by atoms with Gasteiger partial charge in [0.2, 0.25) is 0 Å². The summed E-state index contributed by atoms with van der Waals surface area (Å²) in [4.78, 5) is 39.0. The molecule has 9 heteroatoms. The van der Waals surface area contributed by atoms with Crippen LogP contribution in [0.3, 0.4) is 0 Å². The summed E-state index contributed by atoms with van der Waals surface area (Å²) in [6, 6.07) is 8.83.